The molecule has 1 amide bonds. The quantitative estimate of drug-likeness (QED) is 0.740. The number of piperidine rings is 1. The van der Waals surface area contributed by atoms with Gasteiger partial charge in [0.1, 0.15) is 6.61 Å². The molecule has 1 aliphatic heterocycles. The Morgan fingerprint density at radius 1 is 1.35 bits per heavy atom. The maximum Gasteiger partial charge on any atom is 0.412 e. The molecule has 0 spiro atoms. The van der Waals surface area contributed by atoms with Gasteiger partial charge in [-0.15, -0.1) is 0 Å². The lowest BCUT2D eigenvalue weighted by Gasteiger charge is -2.29. The minimum Gasteiger partial charge on any atom is -0.444 e. The normalized spacial score (nSPS) is 20.1. The van der Waals surface area contributed by atoms with Crippen LogP contribution in [0.5, 0.6) is 0 Å². The Bertz CT molecular complexity index is 369. The van der Waals surface area contributed by atoms with Crippen molar-refractivity contribution in [3.63, 3.8) is 0 Å². The van der Waals surface area contributed by atoms with Crippen LogP contribution in [0.25, 0.3) is 0 Å². The van der Waals surface area contributed by atoms with Crippen molar-refractivity contribution in [2.75, 3.05) is 6.54 Å². The number of ether oxygens (including phenoxy) is 1. The third kappa shape index (κ3) is 3.19. The summed E-state index contributed by atoms with van der Waals surface area (Å²) in [6, 6.07) is 9.39. The highest BCUT2D eigenvalue weighted by Crippen LogP contribution is 2.19. The molecular formula is C13H16FNO2. The first-order valence-electron chi connectivity index (χ1n) is 5.89. The molecule has 2 rings (SSSR count). The van der Waals surface area contributed by atoms with Crippen LogP contribution in [0.15, 0.2) is 30.3 Å². The van der Waals surface area contributed by atoms with Gasteiger partial charge in [0.15, 0.2) is 6.30 Å². The summed E-state index contributed by atoms with van der Waals surface area (Å²) in [5.74, 6) is 0. The van der Waals surface area contributed by atoms with Gasteiger partial charge in [-0.05, 0) is 24.8 Å². The standard InChI is InChI=1S/C13H16FNO2/c14-12-8-4-5-9-15(12)13(16)17-10-11-6-2-1-3-7-11/h1-3,6-7,12H,4-5,8-10H2. The number of likely N-dealkylation sites (tertiary alicyclic amines) is 1. The summed E-state index contributed by atoms with van der Waals surface area (Å²) in [5, 5.41) is 0. The van der Waals surface area contributed by atoms with E-state index in [1.54, 1.807) is 0 Å². The second-order valence-electron chi connectivity index (χ2n) is 4.16. The van der Waals surface area contributed by atoms with Gasteiger partial charge in [0.2, 0.25) is 0 Å². The molecule has 1 aromatic carbocycles. The van der Waals surface area contributed by atoms with E-state index in [-0.39, 0.29) is 6.61 Å². The third-order valence-corrected chi connectivity index (χ3v) is 2.87. The fraction of sp³-hybridized carbons (Fsp3) is 0.462. The summed E-state index contributed by atoms with van der Waals surface area (Å²) in [6.45, 7) is 0.650. The van der Waals surface area contributed by atoms with E-state index in [0.717, 1.165) is 18.4 Å². The van der Waals surface area contributed by atoms with E-state index < -0.39 is 12.4 Å². The van der Waals surface area contributed by atoms with Crippen molar-refractivity contribution < 1.29 is 13.9 Å². The Morgan fingerprint density at radius 3 is 2.82 bits per heavy atom. The zero-order valence-electron chi connectivity index (χ0n) is 9.64. The molecule has 1 fully saturated rings. The van der Waals surface area contributed by atoms with Crippen molar-refractivity contribution in [3.05, 3.63) is 35.9 Å². The van der Waals surface area contributed by atoms with Crippen LogP contribution in [0.4, 0.5) is 9.18 Å². The molecule has 92 valence electrons. The van der Waals surface area contributed by atoms with Gasteiger partial charge in [0.05, 0.1) is 0 Å². The first-order valence-corrected chi connectivity index (χ1v) is 5.89. The van der Waals surface area contributed by atoms with Gasteiger partial charge in [-0.1, -0.05) is 30.3 Å². The molecule has 0 aromatic heterocycles. The first kappa shape index (κ1) is 11.9. The molecule has 1 unspecified atom stereocenters. The van der Waals surface area contributed by atoms with Gasteiger partial charge < -0.3 is 4.74 Å². The Labute approximate surface area is 100 Å². The lowest BCUT2D eigenvalue weighted by atomic mass is 10.1. The van der Waals surface area contributed by atoms with Crippen molar-refractivity contribution in [2.24, 2.45) is 0 Å². The van der Waals surface area contributed by atoms with Crippen molar-refractivity contribution in [1.29, 1.82) is 0 Å². The molecule has 17 heavy (non-hydrogen) atoms. The van der Waals surface area contributed by atoms with E-state index in [1.807, 2.05) is 30.3 Å². The highest BCUT2D eigenvalue weighted by atomic mass is 19.1. The van der Waals surface area contributed by atoms with Crippen LogP contribution in [0.2, 0.25) is 0 Å². The van der Waals surface area contributed by atoms with E-state index in [0.29, 0.717) is 13.0 Å². The SMILES string of the molecule is O=C(OCc1ccccc1)N1CCCCC1F. The zero-order valence-corrected chi connectivity index (χ0v) is 9.64. The van der Waals surface area contributed by atoms with Crippen LogP contribution < -0.4 is 0 Å². The smallest absolute Gasteiger partial charge is 0.412 e. The van der Waals surface area contributed by atoms with Crippen LogP contribution in [-0.2, 0) is 11.3 Å². The van der Waals surface area contributed by atoms with Crippen LogP contribution in [-0.4, -0.2) is 23.8 Å². The Kier molecular flexibility index (Phi) is 3.96. The Hall–Kier alpha value is -1.58. The second kappa shape index (κ2) is 5.66. The van der Waals surface area contributed by atoms with Crippen LogP contribution >= 0.6 is 0 Å². The van der Waals surface area contributed by atoms with E-state index in [2.05, 4.69) is 0 Å². The van der Waals surface area contributed by atoms with Gasteiger partial charge in [0.25, 0.3) is 0 Å². The average Bonchev–Trinajstić information content (AvgIpc) is 2.38. The fourth-order valence-electron chi connectivity index (χ4n) is 1.90. The van der Waals surface area contributed by atoms with E-state index in [9.17, 15) is 9.18 Å². The minimum atomic E-state index is -1.19. The molecule has 1 aliphatic rings. The lowest BCUT2D eigenvalue weighted by Crippen LogP contribution is -2.41. The monoisotopic (exact) mass is 237 g/mol. The third-order valence-electron chi connectivity index (χ3n) is 2.87. The van der Waals surface area contributed by atoms with Crippen molar-refractivity contribution >= 4 is 6.09 Å². The van der Waals surface area contributed by atoms with Crippen LogP contribution in [0.3, 0.4) is 0 Å². The molecule has 0 bridgehead atoms. The molecule has 1 aromatic rings. The maximum absolute atomic E-state index is 13.4. The van der Waals surface area contributed by atoms with E-state index in [1.165, 1.54) is 4.90 Å². The fourth-order valence-corrected chi connectivity index (χ4v) is 1.90. The molecule has 0 saturated carbocycles. The largest absolute Gasteiger partial charge is 0.444 e. The number of hydrogen-bond donors (Lipinski definition) is 0. The summed E-state index contributed by atoms with van der Waals surface area (Å²) in [7, 11) is 0. The molecule has 3 nitrogen and oxygen atoms in total. The molecule has 1 heterocycles. The topological polar surface area (TPSA) is 29.5 Å². The summed E-state index contributed by atoms with van der Waals surface area (Å²) in [4.78, 5) is 12.8. The summed E-state index contributed by atoms with van der Waals surface area (Å²) >= 11 is 0. The van der Waals surface area contributed by atoms with Crippen molar-refractivity contribution in [1.82, 2.24) is 4.90 Å². The van der Waals surface area contributed by atoms with E-state index >= 15 is 0 Å². The highest BCUT2D eigenvalue weighted by molar-refractivity contribution is 5.68. The number of hydrogen-bond acceptors (Lipinski definition) is 2. The van der Waals surface area contributed by atoms with Gasteiger partial charge in [-0.3, -0.25) is 4.90 Å². The second-order valence-corrected chi connectivity index (χ2v) is 4.16. The summed E-state index contributed by atoms with van der Waals surface area (Å²) < 4.78 is 18.5. The number of benzene rings is 1. The molecule has 1 atom stereocenters. The zero-order chi connectivity index (χ0) is 12.1. The number of carbonyl (C=O) groups is 1. The first-order chi connectivity index (χ1) is 8.27. The molecule has 0 N–H and O–H groups in total. The maximum atomic E-state index is 13.4. The number of rotatable bonds is 2. The summed E-state index contributed by atoms with van der Waals surface area (Å²) in [6.07, 6.45) is 0.360. The number of halogens is 1. The van der Waals surface area contributed by atoms with E-state index in [4.69, 9.17) is 4.74 Å². The van der Waals surface area contributed by atoms with Gasteiger partial charge in [0, 0.05) is 6.54 Å². The predicted octanol–water partition coefficient (Wildman–Crippen LogP) is 3.10. The van der Waals surface area contributed by atoms with Gasteiger partial charge in [-0.2, -0.15) is 0 Å². The van der Waals surface area contributed by atoms with Gasteiger partial charge >= 0.3 is 6.09 Å². The Morgan fingerprint density at radius 2 is 2.12 bits per heavy atom. The van der Waals surface area contributed by atoms with Crippen molar-refractivity contribution in [2.45, 2.75) is 32.2 Å². The molecule has 0 aliphatic carbocycles. The Balaban J connectivity index is 1.84. The minimum absolute atomic E-state index is 0.197. The van der Waals surface area contributed by atoms with Crippen LogP contribution in [0, 0.1) is 0 Å². The molecule has 4 heteroatoms. The number of amides is 1. The molecule has 1 saturated heterocycles. The number of alkyl halides is 1. The highest BCUT2D eigenvalue weighted by Gasteiger charge is 2.27. The predicted molar refractivity (Wildman–Crippen MR) is 62.1 cm³/mol. The average molecular weight is 237 g/mol. The van der Waals surface area contributed by atoms with Crippen LogP contribution in [0.1, 0.15) is 24.8 Å². The summed E-state index contributed by atoms with van der Waals surface area (Å²) in [5.41, 5.74) is 0.910. The molecular weight excluding hydrogens is 221 g/mol. The van der Waals surface area contributed by atoms with Gasteiger partial charge in [-0.25, -0.2) is 9.18 Å². The number of nitrogens with zero attached hydrogens (tertiary/aromatic N) is 1. The molecule has 0 radical (unpaired) electrons. The lowest BCUT2D eigenvalue weighted by molar-refractivity contribution is 0.0247. The van der Waals surface area contributed by atoms with Crippen molar-refractivity contribution in [3.8, 4) is 0 Å². The number of carbonyl (C=O) groups excluding carboxylic acids is 1.